The first kappa shape index (κ1) is 25.3. The molecule has 5 heteroatoms. The maximum Gasteiger partial charge on any atom is 0.409 e. The van der Waals surface area contributed by atoms with Gasteiger partial charge in [0.25, 0.3) is 0 Å². The van der Waals surface area contributed by atoms with Crippen LogP contribution in [0, 0.1) is 0 Å². The molecule has 33 heavy (non-hydrogen) atoms. The first-order chi connectivity index (χ1) is 16.2. The molecule has 0 heterocycles. The highest BCUT2D eigenvalue weighted by atomic mass is 16.6. The highest BCUT2D eigenvalue weighted by molar-refractivity contribution is 5.79. The third-order valence-corrected chi connectivity index (χ3v) is 6.23. The summed E-state index contributed by atoms with van der Waals surface area (Å²) >= 11 is 0. The molecule has 2 aromatic rings. The fraction of sp³-hybridized carbons (Fsp3) is 0.536. The SMILES string of the molecule is CCCCCCCCOCCOCCN(C)C(=O)OCC1c2ccccc2-c2ccccc21. The zero-order chi connectivity index (χ0) is 23.3. The molecule has 2 aromatic carbocycles. The van der Waals surface area contributed by atoms with Gasteiger partial charge >= 0.3 is 6.09 Å². The average molecular weight is 454 g/mol. The zero-order valence-corrected chi connectivity index (χ0v) is 20.3. The number of benzene rings is 2. The van der Waals surface area contributed by atoms with Crippen LogP contribution in [-0.4, -0.2) is 57.6 Å². The Balaban J connectivity index is 1.28. The summed E-state index contributed by atoms with van der Waals surface area (Å²) in [6.07, 6.45) is 7.29. The van der Waals surface area contributed by atoms with Crippen molar-refractivity contribution >= 4 is 6.09 Å². The van der Waals surface area contributed by atoms with Gasteiger partial charge < -0.3 is 19.1 Å². The van der Waals surface area contributed by atoms with Crippen LogP contribution in [0.3, 0.4) is 0 Å². The van der Waals surface area contributed by atoms with Gasteiger partial charge in [-0.1, -0.05) is 87.6 Å². The summed E-state index contributed by atoms with van der Waals surface area (Å²) in [5, 5.41) is 0. The molecule has 3 rings (SSSR count). The van der Waals surface area contributed by atoms with Crippen LogP contribution in [0.5, 0.6) is 0 Å². The van der Waals surface area contributed by atoms with Gasteiger partial charge in [0.2, 0.25) is 0 Å². The van der Waals surface area contributed by atoms with Crippen molar-refractivity contribution in [3.05, 3.63) is 59.7 Å². The predicted molar refractivity (Wildman–Crippen MR) is 133 cm³/mol. The van der Waals surface area contributed by atoms with Gasteiger partial charge in [-0.15, -0.1) is 0 Å². The number of carbonyl (C=O) groups excluding carboxylic acids is 1. The molecule has 180 valence electrons. The Hall–Kier alpha value is -2.37. The first-order valence-electron chi connectivity index (χ1n) is 12.4. The standard InChI is InChI=1S/C28H39NO4/c1-3-4-5-6-7-12-18-31-20-21-32-19-17-29(2)28(30)33-22-27-25-15-10-8-13-23(25)24-14-9-11-16-26(24)27/h8-11,13-16,27H,3-7,12,17-22H2,1-2H3. The lowest BCUT2D eigenvalue weighted by atomic mass is 9.98. The average Bonchev–Trinajstić information content (AvgIpc) is 3.16. The van der Waals surface area contributed by atoms with E-state index >= 15 is 0 Å². The summed E-state index contributed by atoms with van der Waals surface area (Å²) < 4.78 is 16.9. The minimum absolute atomic E-state index is 0.0785. The molecule has 1 amide bonds. The van der Waals surface area contributed by atoms with E-state index in [1.165, 1.54) is 54.4 Å². The largest absolute Gasteiger partial charge is 0.448 e. The zero-order valence-electron chi connectivity index (χ0n) is 20.3. The Bertz CT molecular complexity index is 808. The Morgan fingerprint density at radius 1 is 0.788 bits per heavy atom. The molecule has 0 bridgehead atoms. The monoisotopic (exact) mass is 453 g/mol. The Morgan fingerprint density at radius 2 is 1.36 bits per heavy atom. The third-order valence-electron chi connectivity index (χ3n) is 6.23. The van der Waals surface area contributed by atoms with Gasteiger partial charge in [-0.3, -0.25) is 0 Å². The van der Waals surface area contributed by atoms with Crippen molar-refractivity contribution in [3.63, 3.8) is 0 Å². The fourth-order valence-electron chi connectivity index (χ4n) is 4.30. The molecule has 0 saturated carbocycles. The molecular formula is C28H39NO4. The molecule has 0 N–H and O–H groups in total. The van der Waals surface area contributed by atoms with Gasteiger partial charge in [-0.25, -0.2) is 4.79 Å². The molecule has 5 nitrogen and oxygen atoms in total. The third kappa shape index (κ3) is 7.58. The highest BCUT2D eigenvalue weighted by Crippen LogP contribution is 2.44. The van der Waals surface area contributed by atoms with Crippen LogP contribution in [0.25, 0.3) is 11.1 Å². The quantitative estimate of drug-likeness (QED) is 0.299. The number of fused-ring (bicyclic) bond motifs is 3. The van der Waals surface area contributed by atoms with E-state index in [1.807, 2.05) is 12.1 Å². The van der Waals surface area contributed by atoms with E-state index in [-0.39, 0.29) is 12.0 Å². The number of likely N-dealkylation sites (N-methyl/N-ethyl adjacent to an activating group) is 1. The smallest absolute Gasteiger partial charge is 0.409 e. The Morgan fingerprint density at radius 3 is 2.03 bits per heavy atom. The van der Waals surface area contributed by atoms with Gasteiger partial charge in [0.05, 0.1) is 19.8 Å². The first-order valence-corrected chi connectivity index (χ1v) is 12.4. The lowest BCUT2D eigenvalue weighted by molar-refractivity contribution is 0.0371. The fourth-order valence-corrected chi connectivity index (χ4v) is 4.30. The second-order valence-electron chi connectivity index (χ2n) is 8.72. The molecular weight excluding hydrogens is 414 g/mol. The van der Waals surface area contributed by atoms with Gasteiger partial charge in [0.15, 0.2) is 0 Å². The maximum atomic E-state index is 12.5. The summed E-state index contributed by atoms with van der Waals surface area (Å²) in [5.74, 6) is 0.0785. The summed E-state index contributed by atoms with van der Waals surface area (Å²) in [6, 6.07) is 16.7. The molecule has 0 saturated heterocycles. The summed E-state index contributed by atoms with van der Waals surface area (Å²) in [5.41, 5.74) is 4.90. The topological polar surface area (TPSA) is 48.0 Å². The summed E-state index contributed by atoms with van der Waals surface area (Å²) in [4.78, 5) is 14.1. The lowest BCUT2D eigenvalue weighted by Gasteiger charge is -2.19. The van der Waals surface area contributed by atoms with Crippen LogP contribution in [0.2, 0.25) is 0 Å². The van der Waals surface area contributed by atoms with Crippen molar-refractivity contribution in [2.75, 3.05) is 46.6 Å². The molecule has 1 aliphatic carbocycles. The van der Waals surface area contributed by atoms with E-state index < -0.39 is 0 Å². The summed E-state index contributed by atoms with van der Waals surface area (Å²) in [6.45, 7) is 5.49. The number of rotatable bonds is 15. The van der Waals surface area contributed by atoms with Gasteiger partial charge in [0, 0.05) is 26.1 Å². The van der Waals surface area contributed by atoms with Crippen LogP contribution in [-0.2, 0) is 14.2 Å². The van der Waals surface area contributed by atoms with E-state index in [1.54, 1.807) is 11.9 Å². The second kappa shape index (κ2) is 14.0. The lowest BCUT2D eigenvalue weighted by Crippen LogP contribution is -2.32. The maximum absolute atomic E-state index is 12.5. The van der Waals surface area contributed by atoms with Crippen molar-refractivity contribution in [2.24, 2.45) is 0 Å². The van der Waals surface area contributed by atoms with E-state index in [0.29, 0.717) is 33.0 Å². The summed E-state index contributed by atoms with van der Waals surface area (Å²) in [7, 11) is 1.75. The number of hydrogen-bond donors (Lipinski definition) is 0. The van der Waals surface area contributed by atoms with Crippen molar-refractivity contribution in [1.82, 2.24) is 4.90 Å². The number of ether oxygens (including phenoxy) is 3. The Kier molecular flexibility index (Phi) is 10.7. The van der Waals surface area contributed by atoms with Gasteiger partial charge in [-0.2, -0.15) is 0 Å². The number of unbranched alkanes of at least 4 members (excludes halogenated alkanes) is 5. The van der Waals surface area contributed by atoms with Crippen LogP contribution in [0.4, 0.5) is 4.79 Å². The number of hydrogen-bond acceptors (Lipinski definition) is 4. The molecule has 0 atom stereocenters. The second-order valence-corrected chi connectivity index (χ2v) is 8.72. The normalized spacial score (nSPS) is 12.4. The molecule has 0 aromatic heterocycles. The molecule has 0 unspecified atom stereocenters. The molecule has 1 aliphatic rings. The van der Waals surface area contributed by atoms with Crippen LogP contribution >= 0.6 is 0 Å². The van der Waals surface area contributed by atoms with Crippen molar-refractivity contribution in [1.29, 1.82) is 0 Å². The van der Waals surface area contributed by atoms with Crippen molar-refractivity contribution < 1.29 is 19.0 Å². The van der Waals surface area contributed by atoms with E-state index in [2.05, 4.69) is 43.3 Å². The molecule has 0 fully saturated rings. The van der Waals surface area contributed by atoms with Crippen LogP contribution in [0.1, 0.15) is 62.5 Å². The molecule has 0 aliphatic heterocycles. The Labute approximate surface area is 199 Å². The van der Waals surface area contributed by atoms with Crippen LogP contribution in [0.15, 0.2) is 48.5 Å². The van der Waals surface area contributed by atoms with E-state index in [0.717, 1.165) is 13.0 Å². The number of nitrogens with zero attached hydrogens (tertiary/aromatic N) is 1. The minimum atomic E-state index is -0.320. The predicted octanol–water partition coefficient (Wildman–Crippen LogP) is 6.26. The van der Waals surface area contributed by atoms with E-state index in [9.17, 15) is 4.79 Å². The van der Waals surface area contributed by atoms with E-state index in [4.69, 9.17) is 14.2 Å². The number of amides is 1. The van der Waals surface area contributed by atoms with Gasteiger partial charge in [-0.05, 0) is 28.7 Å². The van der Waals surface area contributed by atoms with Crippen molar-refractivity contribution in [2.45, 2.75) is 51.4 Å². The molecule has 0 radical (unpaired) electrons. The molecule has 0 spiro atoms. The van der Waals surface area contributed by atoms with Crippen molar-refractivity contribution in [3.8, 4) is 11.1 Å². The minimum Gasteiger partial charge on any atom is -0.448 e. The van der Waals surface area contributed by atoms with Gasteiger partial charge in [0.1, 0.15) is 6.61 Å². The number of carbonyl (C=O) groups is 1. The highest BCUT2D eigenvalue weighted by Gasteiger charge is 2.29. The van der Waals surface area contributed by atoms with Crippen LogP contribution < -0.4 is 0 Å².